The quantitative estimate of drug-likeness (QED) is 0.638. The van der Waals surface area contributed by atoms with Gasteiger partial charge in [-0.05, 0) is 32.6 Å². The number of aromatic nitrogens is 5. The Hall–Kier alpha value is -3.08. The van der Waals surface area contributed by atoms with Crippen LogP contribution in [0.4, 0.5) is 17.5 Å². The van der Waals surface area contributed by atoms with Crippen molar-refractivity contribution in [2.75, 3.05) is 17.2 Å². The molecule has 3 N–H and O–H groups in total. The van der Waals surface area contributed by atoms with Gasteiger partial charge in [-0.2, -0.15) is 20.3 Å². The molecule has 0 aliphatic heterocycles. The van der Waals surface area contributed by atoms with Crippen molar-refractivity contribution in [3.8, 4) is 6.07 Å². The smallest absolute Gasteiger partial charge is 0.231 e. The molecule has 3 aromatic rings. The summed E-state index contributed by atoms with van der Waals surface area (Å²) in [5.74, 6) is 1.86. The monoisotopic (exact) mass is 336 g/mol. The Morgan fingerprint density at radius 2 is 2.24 bits per heavy atom. The molecular weight excluding hydrogens is 316 g/mol. The Morgan fingerprint density at radius 1 is 1.40 bits per heavy atom. The summed E-state index contributed by atoms with van der Waals surface area (Å²) in [4.78, 5) is 12.1. The van der Waals surface area contributed by atoms with Crippen LogP contribution in [0.1, 0.15) is 38.3 Å². The summed E-state index contributed by atoms with van der Waals surface area (Å²) in [7, 11) is 0. The number of nitrogens with zero attached hydrogens (tertiary/aromatic N) is 5. The lowest BCUT2D eigenvalue weighted by Gasteiger charge is -2.09. The maximum atomic E-state index is 9.32. The van der Waals surface area contributed by atoms with Crippen LogP contribution >= 0.6 is 0 Å². The number of hydrogen-bond acceptors (Lipinski definition) is 6. The van der Waals surface area contributed by atoms with Gasteiger partial charge < -0.3 is 15.6 Å². The van der Waals surface area contributed by atoms with Crippen LogP contribution in [0.2, 0.25) is 0 Å². The highest BCUT2D eigenvalue weighted by Crippen LogP contribution is 2.31. The summed E-state index contributed by atoms with van der Waals surface area (Å²) < 4.78 is 1.87. The van der Waals surface area contributed by atoms with Crippen LogP contribution in [0, 0.1) is 17.2 Å². The summed E-state index contributed by atoms with van der Waals surface area (Å²) in [6.07, 6.45) is 7.84. The number of anilines is 3. The molecule has 25 heavy (non-hydrogen) atoms. The van der Waals surface area contributed by atoms with Crippen molar-refractivity contribution < 1.29 is 0 Å². The topological polar surface area (TPSA) is 107 Å². The van der Waals surface area contributed by atoms with E-state index in [-0.39, 0.29) is 6.04 Å². The second-order valence-corrected chi connectivity index (χ2v) is 6.69. The van der Waals surface area contributed by atoms with Crippen molar-refractivity contribution in [2.24, 2.45) is 5.92 Å². The van der Waals surface area contributed by atoms with Crippen molar-refractivity contribution >= 4 is 28.5 Å². The predicted octanol–water partition coefficient (Wildman–Crippen LogP) is 3.17. The van der Waals surface area contributed by atoms with Gasteiger partial charge in [0.15, 0.2) is 0 Å². The molecule has 0 saturated heterocycles. The molecule has 0 radical (unpaired) electrons. The van der Waals surface area contributed by atoms with Gasteiger partial charge in [0, 0.05) is 25.0 Å². The van der Waals surface area contributed by atoms with Gasteiger partial charge in [-0.15, -0.1) is 0 Å². The second kappa shape index (κ2) is 6.09. The maximum absolute atomic E-state index is 9.32. The molecule has 0 bridgehead atoms. The molecule has 3 aromatic heterocycles. The predicted molar refractivity (Wildman–Crippen MR) is 95.7 cm³/mol. The van der Waals surface area contributed by atoms with E-state index in [1.165, 1.54) is 12.8 Å². The van der Waals surface area contributed by atoms with Gasteiger partial charge in [-0.25, -0.2) is 0 Å². The van der Waals surface area contributed by atoms with E-state index in [1.807, 2.05) is 10.9 Å². The second-order valence-electron chi connectivity index (χ2n) is 6.69. The molecule has 0 unspecified atom stereocenters. The molecule has 0 aromatic carbocycles. The van der Waals surface area contributed by atoms with Crippen molar-refractivity contribution in [3.05, 3.63) is 24.2 Å². The molecule has 3 heterocycles. The van der Waals surface area contributed by atoms with Crippen LogP contribution in [-0.2, 0) is 0 Å². The van der Waals surface area contributed by atoms with Crippen LogP contribution < -0.4 is 10.6 Å². The fourth-order valence-electron chi connectivity index (χ4n) is 2.68. The van der Waals surface area contributed by atoms with Crippen LogP contribution in [-0.4, -0.2) is 31.3 Å². The summed E-state index contributed by atoms with van der Waals surface area (Å²) in [5, 5.41) is 20.9. The first-order valence-electron chi connectivity index (χ1n) is 8.48. The molecule has 4 rings (SSSR count). The normalized spacial score (nSPS) is 14.0. The first-order chi connectivity index (χ1) is 12.1. The molecule has 8 heteroatoms. The van der Waals surface area contributed by atoms with E-state index >= 15 is 0 Å². The fourth-order valence-corrected chi connectivity index (χ4v) is 2.68. The summed E-state index contributed by atoms with van der Waals surface area (Å²) in [6, 6.07) is 2.48. The zero-order valence-electron chi connectivity index (χ0n) is 14.2. The van der Waals surface area contributed by atoms with Gasteiger partial charge in [-0.3, -0.25) is 4.68 Å². The minimum atomic E-state index is 0.288. The zero-order chi connectivity index (χ0) is 17.4. The molecule has 0 atom stereocenters. The van der Waals surface area contributed by atoms with Crippen LogP contribution in [0.25, 0.3) is 11.0 Å². The number of hydrogen-bond donors (Lipinski definition) is 3. The lowest BCUT2D eigenvalue weighted by atomic mass is 10.2. The van der Waals surface area contributed by atoms with Gasteiger partial charge in [0.2, 0.25) is 5.95 Å². The number of rotatable bonds is 6. The molecule has 1 aliphatic rings. The largest absolute Gasteiger partial charge is 0.369 e. The Kier molecular flexibility index (Phi) is 3.76. The molecule has 128 valence electrons. The molecule has 0 amide bonds. The van der Waals surface area contributed by atoms with Crippen molar-refractivity contribution in [2.45, 2.75) is 32.7 Å². The molecule has 1 saturated carbocycles. The van der Waals surface area contributed by atoms with Crippen LogP contribution in [0.5, 0.6) is 0 Å². The highest BCUT2D eigenvalue weighted by atomic mass is 15.3. The van der Waals surface area contributed by atoms with Gasteiger partial charge in [0.25, 0.3) is 0 Å². The van der Waals surface area contributed by atoms with E-state index in [9.17, 15) is 5.26 Å². The van der Waals surface area contributed by atoms with E-state index in [0.29, 0.717) is 28.9 Å². The standard InChI is InChI=1S/C17H20N8/c1-10(2)25-9-13(8-21-25)22-17-23-15(19-6-11-3-4-11)14-12(5-18)7-20-16(14)24-17/h7-11H,3-4,6H2,1-2H3,(H3,19,20,22,23,24). The number of fused-ring (bicyclic) bond motifs is 1. The van der Waals surface area contributed by atoms with Gasteiger partial charge >= 0.3 is 0 Å². The minimum absolute atomic E-state index is 0.288. The summed E-state index contributed by atoms with van der Waals surface area (Å²) in [5.41, 5.74) is 2.02. The molecule has 1 aliphatic carbocycles. The third-order valence-electron chi connectivity index (χ3n) is 4.29. The number of nitrogens with one attached hydrogen (secondary N) is 3. The average Bonchev–Trinajstić information content (AvgIpc) is 3.14. The van der Waals surface area contributed by atoms with E-state index in [1.54, 1.807) is 12.4 Å². The van der Waals surface area contributed by atoms with Gasteiger partial charge in [0.05, 0.1) is 22.8 Å². The SMILES string of the molecule is CC(C)n1cc(Nc2nc(NCC3CC3)c3c(C#N)c[nH]c3n2)cn1. The number of aromatic amines is 1. The van der Waals surface area contributed by atoms with Crippen LogP contribution in [0.15, 0.2) is 18.6 Å². The number of H-pyrrole nitrogens is 1. The van der Waals surface area contributed by atoms with E-state index in [2.05, 4.69) is 50.6 Å². The summed E-state index contributed by atoms with van der Waals surface area (Å²) >= 11 is 0. The Bertz CT molecular complexity index is 941. The maximum Gasteiger partial charge on any atom is 0.231 e. The zero-order valence-corrected chi connectivity index (χ0v) is 14.2. The molecular formula is C17H20N8. The highest BCUT2D eigenvalue weighted by Gasteiger charge is 2.22. The van der Waals surface area contributed by atoms with Crippen molar-refractivity contribution in [1.82, 2.24) is 24.7 Å². The average molecular weight is 336 g/mol. The Morgan fingerprint density at radius 3 is 2.92 bits per heavy atom. The van der Waals surface area contributed by atoms with Gasteiger partial charge in [-0.1, -0.05) is 0 Å². The molecule has 8 nitrogen and oxygen atoms in total. The highest BCUT2D eigenvalue weighted by molar-refractivity contribution is 5.93. The number of nitriles is 1. The third kappa shape index (κ3) is 3.13. The van der Waals surface area contributed by atoms with E-state index in [4.69, 9.17) is 0 Å². The third-order valence-corrected chi connectivity index (χ3v) is 4.29. The Labute approximate surface area is 145 Å². The lowest BCUT2D eigenvalue weighted by Crippen LogP contribution is -2.08. The fraction of sp³-hybridized carbons (Fsp3) is 0.412. The first kappa shape index (κ1) is 15.4. The lowest BCUT2D eigenvalue weighted by molar-refractivity contribution is 0.532. The van der Waals surface area contributed by atoms with Crippen molar-refractivity contribution in [1.29, 1.82) is 5.26 Å². The van der Waals surface area contributed by atoms with Gasteiger partial charge in [0.1, 0.15) is 17.5 Å². The van der Waals surface area contributed by atoms with Crippen molar-refractivity contribution in [3.63, 3.8) is 0 Å². The van der Waals surface area contributed by atoms with E-state index in [0.717, 1.165) is 17.6 Å². The molecule has 1 fully saturated rings. The first-order valence-corrected chi connectivity index (χ1v) is 8.48. The van der Waals surface area contributed by atoms with Crippen LogP contribution in [0.3, 0.4) is 0 Å². The van der Waals surface area contributed by atoms with E-state index < -0.39 is 0 Å². The Balaban J connectivity index is 1.67. The summed E-state index contributed by atoms with van der Waals surface area (Å²) in [6.45, 7) is 5.01. The molecule has 0 spiro atoms. The minimum Gasteiger partial charge on any atom is -0.369 e.